The first kappa shape index (κ1) is 11.0. The van der Waals surface area contributed by atoms with Crippen molar-refractivity contribution in [2.24, 2.45) is 0 Å². The highest BCUT2D eigenvalue weighted by molar-refractivity contribution is 7.07. The maximum Gasteiger partial charge on any atom is 0.0794 e. The van der Waals surface area contributed by atoms with Crippen LogP contribution in [0.1, 0.15) is 19.5 Å². The third-order valence-electron chi connectivity index (χ3n) is 3.03. The molecule has 1 aliphatic heterocycles. The Morgan fingerprint density at radius 3 is 3.20 bits per heavy atom. The quantitative estimate of drug-likeness (QED) is 0.842. The Bertz CT molecular complexity index is 286. The van der Waals surface area contributed by atoms with Crippen LogP contribution in [-0.4, -0.2) is 41.6 Å². The van der Waals surface area contributed by atoms with Gasteiger partial charge in [0.05, 0.1) is 11.2 Å². The highest BCUT2D eigenvalue weighted by atomic mass is 32.1. The van der Waals surface area contributed by atoms with Crippen LogP contribution in [0.5, 0.6) is 0 Å². The Hall–Kier alpha value is -0.450. The van der Waals surface area contributed by atoms with E-state index in [2.05, 4.69) is 34.4 Å². The number of rotatable bonds is 3. The molecular formula is C11H19N3S. The fourth-order valence-corrected chi connectivity index (χ4v) is 2.62. The van der Waals surface area contributed by atoms with E-state index in [1.807, 2.05) is 5.51 Å². The Balaban J connectivity index is 1.82. The first-order valence-corrected chi connectivity index (χ1v) is 6.54. The molecule has 2 unspecified atom stereocenters. The van der Waals surface area contributed by atoms with Gasteiger partial charge in [-0.3, -0.25) is 4.90 Å². The molecule has 0 saturated carbocycles. The molecular weight excluding hydrogens is 206 g/mol. The lowest BCUT2D eigenvalue weighted by Crippen LogP contribution is -2.54. The molecule has 0 spiro atoms. The Kier molecular flexibility index (Phi) is 3.72. The molecule has 0 aliphatic carbocycles. The minimum absolute atomic E-state index is 0.622. The number of hydrogen-bond acceptors (Lipinski definition) is 4. The zero-order valence-corrected chi connectivity index (χ0v) is 10.3. The summed E-state index contributed by atoms with van der Waals surface area (Å²) in [5.74, 6) is 0. The second kappa shape index (κ2) is 5.05. The van der Waals surface area contributed by atoms with Gasteiger partial charge < -0.3 is 5.32 Å². The summed E-state index contributed by atoms with van der Waals surface area (Å²) in [6, 6.07) is 1.27. The molecule has 84 valence electrons. The molecule has 1 fully saturated rings. The van der Waals surface area contributed by atoms with Crippen molar-refractivity contribution in [1.29, 1.82) is 0 Å². The smallest absolute Gasteiger partial charge is 0.0794 e. The van der Waals surface area contributed by atoms with Crippen molar-refractivity contribution >= 4 is 11.3 Å². The van der Waals surface area contributed by atoms with Gasteiger partial charge in [-0.2, -0.15) is 0 Å². The maximum atomic E-state index is 4.32. The normalized spacial score (nSPS) is 28.1. The van der Waals surface area contributed by atoms with E-state index in [1.165, 1.54) is 5.69 Å². The number of nitrogens with one attached hydrogen (secondary N) is 1. The molecule has 1 N–H and O–H groups in total. The minimum Gasteiger partial charge on any atom is -0.311 e. The number of hydrogen-bond donors (Lipinski definition) is 1. The maximum absolute atomic E-state index is 4.32. The molecule has 3 nitrogen and oxygen atoms in total. The van der Waals surface area contributed by atoms with E-state index in [-0.39, 0.29) is 0 Å². The standard InChI is InChI=1S/C11H19N3S/c1-9-6-14(10(2)5-12-9)4-3-11-7-15-8-13-11/h7-10,12H,3-6H2,1-2H3. The van der Waals surface area contributed by atoms with Crippen LogP contribution in [0.4, 0.5) is 0 Å². The average molecular weight is 225 g/mol. The molecule has 2 heterocycles. The van der Waals surface area contributed by atoms with Crippen LogP contribution >= 0.6 is 11.3 Å². The summed E-state index contributed by atoms with van der Waals surface area (Å²) in [7, 11) is 0. The van der Waals surface area contributed by atoms with Crippen molar-refractivity contribution in [3.8, 4) is 0 Å². The van der Waals surface area contributed by atoms with Crippen molar-refractivity contribution < 1.29 is 0 Å². The zero-order chi connectivity index (χ0) is 10.7. The Labute approximate surface area is 95.5 Å². The van der Waals surface area contributed by atoms with E-state index in [4.69, 9.17) is 0 Å². The zero-order valence-electron chi connectivity index (χ0n) is 9.44. The molecule has 2 rings (SSSR count). The summed E-state index contributed by atoms with van der Waals surface area (Å²) in [6.45, 7) is 7.95. The van der Waals surface area contributed by atoms with E-state index < -0.39 is 0 Å². The number of nitrogens with zero attached hydrogens (tertiary/aromatic N) is 2. The molecule has 0 radical (unpaired) electrons. The van der Waals surface area contributed by atoms with Gasteiger partial charge in [0.15, 0.2) is 0 Å². The summed E-state index contributed by atoms with van der Waals surface area (Å²) < 4.78 is 0. The van der Waals surface area contributed by atoms with Crippen LogP contribution in [-0.2, 0) is 6.42 Å². The SMILES string of the molecule is CC1CN(CCc2cscn2)C(C)CN1. The second-order valence-corrected chi connectivity index (χ2v) is 5.10. The van der Waals surface area contributed by atoms with Gasteiger partial charge in [-0.1, -0.05) is 0 Å². The molecule has 1 aromatic rings. The number of aromatic nitrogens is 1. The van der Waals surface area contributed by atoms with E-state index in [0.29, 0.717) is 12.1 Å². The molecule has 4 heteroatoms. The Morgan fingerprint density at radius 2 is 2.47 bits per heavy atom. The topological polar surface area (TPSA) is 28.2 Å². The van der Waals surface area contributed by atoms with Crippen molar-refractivity contribution in [1.82, 2.24) is 15.2 Å². The Morgan fingerprint density at radius 1 is 1.60 bits per heavy atom. The van der Waals surface area contributed by atoms with Crippen molar-refractivity contribution in [3.05, 3.63) is 16.6 Å². The minimum atomic E-state index is 0.622. The summed E-state index contributed by atoms with van der Waals surface area (Å²) in [6.07, 6.45) is 1.08. The number of piperazine rings is 1. The highest BCUT2D eigenvalue weighted by Crippen LogP contribution is 2.09. The molecule has 15 heavy (non-hydrogen) atoms. The summed E-state index contributed by atoms with van der Waals surface area (Å²) >= 11 is 1.69. The third kappa shape index (κ3) is 3.00. The van der Waals surface area contributed by atoms with E-state index >= 15 is 0 Å². The largest absolute Gasteiger partial charge is 0.311 e. The molecule has 0 bridgehead atoms. The lowest BCUT2D eigenvalue weighted by Gasteiger charge is -2.37. The van der Waals surface area contributed by atoms with Crippen LogP contribution < -0.4 is 5.32 Å². The fourth-order valence-electron chi connectivity index (χ4n) is 2.03. The summed E-state index contributed by atoms with van der Waals surface area (Å²) in [5.41, 5.74) is 3.15. The number of thiazole rings is 1. The lowest BCUT2D eigenvalue weighted by atomic mass is 10.1. The van der Waals surface area contributed by atoms with Gasteiger partial charge in [0.1, 0.15) is 0 Å². The second-order valence-electron chi connectivity index (χ2n) is 4.38. The molecule has 0 amide bonds. The van der Waals surface area contributed by atoms with Gasteiger partial charge in [0, 0.05) is 43.5 Å². The predicted octanol–water partition coefficient (Wildman–Crippen LogP) is 1.37. The lowest BCUT2D eigenvalue weighted by molar-refractivity contribution is 0.148. The van der Waals surface area contributed by atoms with E-state index in [9.17, 15) is 0 Å². The van der Waals surface area contributed by atoms with Crippen LogP contribution in [0, 0.1) is 0 Å². The van der Waals surface area contributed by atoms with Gasteiger partial charge in [0.25, 0.3) is 0 Å². The monoisotopic (exact) mass is 225 g/mol. The van der Waals surface area contributed by atoms with Crippen molar-refractivity contribution in [3.63, 3.8) is 0 Å². The first-order valence-electron chi connectivity index (χ1n) is 5.60. The molecule has 2 atom stereocenters. The molecule has 1 aliphatic rings. The van der Waals surface area contributed by atoms with Crippen molar-refractivity contribution in [2.45, 2.75) is 32.4 Å². The molecule has 0 aromatic carbocycles. The van der Waals surface area contributed by atoms with Crippen LogP contribution in [0.15, 0.2) is 10.9 Å². The van der Waals surface area contributed by atoms with Crippen LogP contribution in [0.25, 0.3) is 0 Å². The third-order valence-corrected chi connectivity index (χ3v) is 3.67. The summed E-state index contributed by atoms with van der Waals surface area (Å²) in [5, 5.41) is 5.65. The van der Waals surface area contributed by atoms with Crippen LogP contribution in [0.3, 0.4) is 0 Å². The fraction of sp³-hybridized carbons (Fsp3) is 0.727. The first-order chi connectivity index (χ1) is 7.25. The van der Waals surface area contributed by atoms with Gasteiger partial charge >= 0.3 is 0 Å². The average Bonchev–Trinajstić information content (AvgIpc) is 2.72. The molecule has 1 saturated heterocycles. The van der Waals surface area contributed by atoms with E-state index in [1.54, 1.807) is 11.3 Å². The van der Waals surface area contributed by atoms with Gasteiger partial charge in [-0.15, -0.1) is 11.3 Å². The van der Waals surface area contributed by atoms with Gasteiger partial charge in [0.2, 0.25) is 0 Å². The van der Waals surface area contributed by atoms with Crippen molar-refractivity contribution in [2.75, 3.05) is 19.6 Å². The summed E-state index contributed by atoms with van der Waals surface area (Å²) in [4.78, 5) is 6.88. The van der Waals surface area contributed by atoms with Gasteiger partial charge in [-0.25, -0.2) is 4.98 Å². The van der Waals surface area contributed by atoms with Crippen LogP contribution in [0.2, 0.25) is 0 Å². The van der Waals surface area contributed by atoms with E-state index in [0.717, 1.165) is 26.1 Å². The van der Waals surface area contributed by atoms with Gasteiger partial charge in [-0.05, 0) is 13.8 Å². The predicted molar refractivity (Wildman–Crippen MR) is 64.3 cm³/mol. The highest BCUT2D eigenvalue weighted by Gasteiger charge is 2.21. The molecule has 1 aromatic heterocycles.